The highest BCUT2D eigenvalue weighted by Gasteiger charge is 2.19. The van der Waals surface area contributed by atoms with Gasteiger partial charge in [-0.15, -0.1) is 0 Å². The molecule has 110 valence electrons. The summed E-state index contributed by atoms with van der Waals surface area (Å²) in [6.07, 6.45) is 1.45. The largest absolute Gasteiger partial charge is 0.496 e. The van der Waals surface area contributed by atoms with E-state index >= 15 is 0 Å². The fourth-order valence-electron chi connectivity index (χ4n) is 1.80. The van der Waals surface area contributed by atoms with E-state index in [2.05, 4.69) is 21.0 Å². The number of halogens is 1. The number of carbonyl (C=O) groups is 1. The van der Waals surface area contributed by atoms with E-state index < -0.39 is 10.9 Å². The van der Waals surface area contributed by atoms with Gasteiger partial charge in [0.25, 0.3) is 0 Å². The molecule has 0 amide bonds. The SMILES string of the molecule is COc1ccc(C(=O)O)cc1Cn1cc(Br)c([N+](=O)[O-])n1. The number of rotatable bonds is 5. The molecule has 1 heterocycles. The molecule has 0 fully saturated rings. The number of ether oxygens (including phenoxy) is 1. The summed E-state index contributed by atoms with van der Waals surface area (Å²) in [6.45, 7) is 0.150. The Labute approximate surface area is 127 Å². The van der Waals surface area contributed by atoms with Gasteiger partial charge in [-0.05, 0) is 39.1 Å². The number of carboxylic acids is 1. The summed E-state index contributed by atoms with van der Waals surface area (Å²) in [5, 5.41) is 23.6. The standard InChI is InChI=1S/C12H10BrN3O5/c1-21-10-3-2-7(12(17)18)4-8(10)5-15-6-9(13)11(14-15)16(19)20/h2-4,6H,5H2,1H3,(H,17,18). The fraction of sp³-hybridized carbons (Fsp3) is 0.167. The zero-order valence-electron chi connectivity index (χ0n) is 10.8. The van der Waals surface area contributed by atoms with Crippen molar-refractivity contribution in [3.8, 4) is 5.75 Å². The van der Waals surface area contributed by atoms with Crippen molar-refractivity contribution < 1.29 is 19.6 Å². The Morgan fingerprint density at radius 3 is 2.81 bits per heavy atom. The van der Waals surface area contributed by atoms with Crippen LogP contribution in [0.1, 0.15) is 15.9 Å². The minimum absolute atomic E-state index is 0.103. The molecule has 1 N–H and O–H groups in total. The summed E-state index contributed by atoms with van der Waals surface area (Å²) < 4.78 is 6.75. The average Bonchev–Trinajstić information content (AvgIpc) is 2.79. The van der Waals surface area contributed by atoms with Gasteiger partial charge in [0, 0.05) is 5.56 Å². The molecule has 0 spiro atoms. The molecule has 9 heteroatoms. The molecule has 0 unspecified atom stereocenters. The second kappa shape index (κ2) is 5.92. The van der Waals surface area contributed by atoms with E-state index in [9.17, 15) is 14.9 Å². The van der Waals surface area contributed by atoms with E-state index in [-0.39, 0.29) is 22.4 Å². The third-order valence-corrected chi connectivity index (χ3v) is 3.29. The van der Waals surface area contributed by atoms with Gasteiger partial charge in [0.05, 0.1) is 30.5 Å². The van der Waals surface area contributed by atoms with E-state index in [1.807, 2.05) is 0 Å². The lowest BCUT2D eigenvalue weighted by molar-refractivity contribution is -0.390. The number of carboxylic acid groups (broad SMARTS) is 1. The van der Waals surface area contributed by atoms with Crippen molar-refractivity contribution in [1.29, 1.82) is 0 Å². The Kier molecular flexibility index (Phi) is 4.22. The lowest BCUT2D eigenvalue weighted by Gasteiger charge is -2.08. The maximum absolute atomic E-state index is 11.0. The number of methoxy groups -OCH3 is 1. The van der Waals surface area contributed by atoms with Crippen molar-refractivity contribution in [3.05, 3.63) is 50.1 Å². The van der Waals surface area contributed by atoms with E-state index in [1.54, 1.807) is 0 Å². The first-order chi connectivity index (χ1) is 9.92. The zero-order valence-corrected chi connectivity index (χ0v) is 12.4. The summed E-state index contributed by atoms with van der Waals surface area (Å²) in [5.74, 6) is -0.885. The molecule has 1 aromatic carbocycles. The number of hydrogen-bond acceptors (Lipinski definition) is 5. The number of aromatic nitrogens is 2. The molecule has 0 bridgehead atoms. The third kappa shape index (κ3) is 3.19. The smallest absolute Gasteiger partial charge is 0.404 e. The molecule has 2 rings (SSSR count). The first kappa shape index (κ1) is 15.0. The molecule has 0 saturated carbocycles. The molecular weight excluding hydrogens is 346 g/mol. The first-order valence-corrected chi connectivity index (χ1v) is 6.49. The first-order valence-electron chi connectivity index (χ1n) is 5.70. The van der Waals surface area contributed by atoms with Crippen molar-refractivity contribution in [2.24, 2.45) is 0 Å². The molecule has 0 radical (unpaired) electrons. The summed E-state index contributed by atoms with van der Waals surface area (Å²) in [4.78, 5) is 21.1. The van der Waals surface area contributed by atoms with Gasteiger partial charge in [-0.1, -0.05) is 0 Å². The maximum Gasteiger partial charge on any atom is 0.404 e. The predicted octanol–water partition coefficient (Wildman–Crippen LogP) is 2.31. The normalized spacial score (nSPS) is 10.4. The van der Waals surface area contributed by atoms with Gasteiger partial charge < -0.3 is 20.0 Å². The molecule has 0 aliphatic heterocycles. The quantitative estimate of drug-likeness (QED) is 0.651. The van der Waals surface area contributed by atoms with Crippen LogP contribution in [0.3, 0.4) is 0 Å². The van der Waals surface area contributed by atoms with Crippen LogP contribution in [0.25, 0.3) is 0 Å². The summed E-state index contributed by atoms with van der Waals surface area (Å²) in [7, 11) is 1.46. The highest BCUT2D eigenvalue weighted by Crippen LogP contribution is 2.25. The van der Waals surface area contributed by atoms with Crippen LogP contribution in [-0.2, 0) is 6.54 Å². The third-order valence-electron chi connectivity index (χ3n) is 2.73. The van der Waals surface area contributed by atoms with Crippen LogP contribution in [-0.4, -0.2) is 32.9 Å². The lowest BCUT2D eigenvalue weighted by atomic mass is 10.1. The van der Waals surface area contributed by atoms with Gasteiger partial charge in [-0.2, -0.15) is 4.68 Å². The van der Waals surface area contributed by atoms with Crippen LogP contribution in [0.2, 0.25) is 0 Å². The summed E-state index contributed by atoms with van der Waals surface area (Å²) >= 11 is 3.05. The lowest BCUT2D eigenvalue weighted by Crippen LogP contribution is -2.05. The Bertz CT molecular complexity index is 713. The highest BCUT2D eigenvalue weighted by molar-refractivity contribution is 9.10. The van der Waals surface area contributed by atoms with Crippen molar-refractivity contribution in [2.75, 3.05) is 7.11 Å². The van der Waals surface area contributed by atoms with Crippen molar-refractivity contribution >= 4 is 27.7 Å². The molecule has 0 atom stereocenters. The predicted molar refractivity (Wildman–Crippen MR) is 75.6 cm³/mol. The summed E-state index contributed by atoms with van der Waals surface area (Å²) in [6, 6.07) is 4.40. The second-order valence-electron chi connectivity index (χ2n) is 4.09. The topological polar surface area (TPSA) is 107 Å². The van der Waals surface area contributed by atoms with E-state index in [1.165, 1.54) is 36.2 Å². The number of nitro groups is 1. The number of benzene rings is 1. The Morgan fingerprint density at radius 2 is 2.29 bits per heavy atom. The van der Waals surface area contributed by atoms with Crippen LogP contribution < -0.4 is 4.74 Å². The Hall–Kier alpha value is -2.42. The van der Waals surface area contributed by atoms with Gasteiger partial charge in [0.15, 0.2) is 0 Å². The molecule has 1 aromatic heterocycles. The molecule has 0 aliphatic rings. The van der Waals surface area contributed by atoms with Crippen LogP contribution in [0.15, 0.2) is 28.9 Å². The molecule has 0 saturated heterocycles. The molecule has 2 aromatic rings. The number of aromatic carboxylic acids is 1. The highest BCUT2D eigenvalue weighted by atomic mass is 79.9. The van der Waals surface area contributed by atoms with E-state index in [0.29, 0.717) is 11.3 Å². The molecule has 21 heavy (non-hydrogen) atoms. The van der Waals surface area contributed by atoms with Crippen LogP contribution in [0, 0.1) is 10.1 Å². The Balaban J connectivity index is 2.38. The van der Waals surface area contributed by atoms with Crippen LogP contribution in [0.5, 0.6) is 5.75 Å². The monoisotopic (exact) mass is 355 g/mol. The minimum atomic E-state index is -1.06. The van der Waals surface area contributed by atoms with Gasteiger partial charge in [-0.25, -0.2) is 4.79 Å². The number of hydrogen-bond donors (Lipinski definition) is 1. The van der Waals surface area contributed by atoms with E-state index in [4.69, 9.17) is 9.84 Å². The minimum Gasteiger partial charge on any atom is -0.496 e. The van der Waals surface area contributed by atoms with Gasteiger partial charge in [0.1, 0.15) is 10.2 Å². The summed E-state index contributed by atoms with van der Waals surface area (Å²) in [5.41, 5.74) is 0.661. The Morgan fingerprint density at radius 1 is 1.57 bits per heavy atom. The average molecular weight is 356 g/mol. The van der Waals surface area contributed by atoms with Crippen molar-refractivity contribution in [1.82, 2.24) is 9.78 Å². The maximum atomic E-state index is 11.0. The zero-order chi connectivity index (χ0) is 15.6. The van der Waals surface area contributed by atoms with Gasteiger partial charge in [-0.3, -0.25) is 0 Å². The molecular formula is C12H10BrN3O5. The van der Waals surface area contributed by atoms with Crippen molar-refractivity contribution in [2.45, 2.75) is 6.54 Å². The fourth-order valence-corrected chi connectivity index (χ4v) is 2.26. The van der Waals surface area contributed by atoms with Crippen LogP contribution >= 0.6 is 15.9 Å². The van der Waals surface area contributed by atoms with Gasteiger partial charge >= 0.3 is 11.8 Å². The number of nitrogens with zero attached hydrogens (tertiary/aromatic N) is 3. The van der Waals surface area contributed by atoms with Crippen molar-refractivity contribution in [3.63, 3.8) is 0 Å². The molecule has 8 nitrogen and oxygen atoms in total. The van der Waals surface area contributed by atoms with Crippen LogP contribution in [0.4, 0.5) is 5.82 Å². The van der Waals surface area contributed by atoms with Gasteiger partial charge in [0.2, 0.25) is 0 Å². The molecule has 0 aliphatic carbocycles. The second-order valence-corrected chi connectivity index (χ2v) is 4.94. The van der Waals surface area contributed by atoms with E-state index in [0.717, 1.165) is 0 Å².